The maximum atomic E-state index is 14.4. The summed E-state index contributed by atoms with van der Waals surface area (Å²) in [4.78, 5) is 31.2. The number of alkyl halides is 1. The molecule has 0 aliphatic carbocycles. The second-order valence-corrected chi connectivity index (χ2v) is 6.89. The number of halogens is 2. The van der Waals surface area contributed by atoms with E-state index in [1.54, 1.807) is 24.5 Å². The van der Waals surface area contributed by atoms with Crippen molar-refractivity contribution in [2.75, 3.05) is 6.61 Å². The summed E-state index contributed by atoms with van der Waals surface area (Å²) in [5, 5.41) is 0. The number of esters is 1. The van der Waals surface area contributed by atoms with E-state index in [9.17, 15) is 18.4 Å². The quantitative estimate of drug-likeness (QED) is 0.771. The van der Waals surface area contributed by atoms with Crippen LogP contribution in [0.15, 0.2) is 18.5 Å². The molecular weight excluding hydrogens is 356 g/mol. The summed E-state index contributed by atoms with van der Waals surface area (Å²) < 4.78 is 35.0. The highest BCUT2D eigenvalue weighted by Gasteiger charge is 2.43. The van der Waals surface area contributed by atoms with Crippen LogP contribution in [0.4, 0.5) is 8.78 Å². The van der Waals surface area contributed by atoms with Gasteiger partial charge in [-0.3, -0.25) is 4.79 Å². The normalized spacial score (nSPS) is 19.2. The standard InChI is InChI=1S/C19H19F2N3O3/c1-3-27-19(26)17(16-15-6-11(20)7-23(15)9-22-16)24-8-13-12(18(24)25)4-10(2)5-14(13)21/h4-5,9,11,17H,3,6-8H2,1-2H3. The number of fused-ring (bicyclic) bond motifs is 2. The van der Waals surface area contributed by atoms with Crippen LogP contribution >= 0.6 is 0 Å². The van der Waals surface area contributed by atoms with Crippen molar-refractivity contribution >= 4 is 11.9 Å². The zero-order chi connectivity index (χ0) is 19.3. The van der Waals surface area contributed by atoms with Gasteiger partial charge in [-0.15, -0.1) is 0 Å². The zero-order valence-corrected chi connectivity index (χ0v) is 15.0. The van der Waals surface area contributed by atoms with Gasteiger partial charge < -0.3 is 14.2 Å². The predicted molar refractivity (Wildman–Crippen MR) is 91.2 cm³/mol. The molecule has 2 aromatic rings. The Labute approximate surface area is 154 Å². The SMILES string of the molecule is CCOC(=O)C(c1ncn2c1CC(F)C2)N1Cc2c(F)cc(C)cc2C1=O. The lowest BCUT2D eigenvalue weighted by Crippen LogP contribution is -2.36. The molecule has 0 spiro atoms. The predicted octanol–water partition coefficient (Wildman–Crippen LogP) is 2.49. The minimum absolute atomic E-state index is 0.0604. The summed E-state index contributed by atoms with van der Waals surface area (Å²) in [5.74, 6) is -1.59. The number of hydrogen-bond donors (Lipinski definition) is 0. The van der Waals surface area contributed by atoms with Crippen LogP contribution < -0.4 is 0 Å². The Balaban J connectivity index is 1.77. The Bertz CT molecular complexity index is 941. The molecule has 2 aliphatic rings. The second-order valence-electron chi connectivity index (χ2n) is 6.89. The van der Waals surface area contributed by atoms with E-state index in [1.807, 2.05) is 0 Å². The molecule has 27 heavy (non-hydrogen) atoms. The molecule has 0 fully saturated rings. The molecule has 0 N–H and O–H groups in total. The van der Waals surface area contributed by atoms with Crippen molar-refractivity contribution in [1.82, 2.24) is 14.5 Å². The van der Waals surface area contributed by atoms with Crippen LogP contribution in [0.25, 0.3) is 0 Å². The van der Waals surface area contributed by atoms with Crippen molar-refractivity contribution < 1.29 is 23.1 Å². The number of hydrogen-bond acceptors (Lipinski definition) is 4. The third-order valence-electron chi connectivity index (χ3n) is 5.03. The van der Waals surface area contributed by atoms with Crippen LogP contribution in [0.5, 0.6) is 0 Å². The van der Waals surface area contributed by atoms with Crippen molar-refractivity contribution in [1.29, 1.82) is 0 Å². The number of rotatable bonds is 4. The number of imidazole rings is 1. The minimum Gasteiger partial charge on any atom is -0.464 e. The van der Waals surface area contributed by atoms with Gasteiger partial charge in [0.25, 0.3) is 5.91 Å². The third kappa shape index (κ3) is 2.79. The molecule has 1 aromatic carbocycles. The van der Waals surface area contributed by atoms with Crippen LogP contribution in [-0.4, -0.2) is 39.1 Å². The van der Waals surface area contributed by atoms with Crippen LogP contribution in [0, 0.1) is 12.7 Å². The number of carbonyl (C=O) groups excluding carboxylic acids is 2. The number of aromatic nitrogens is 2. The van der Waals surface area contributed by atoms with E-state index in [0.29, 0.717) is 17.0 Å². The summed E-state index contributed by atoms with van der Waals surface area (Å²) in [6.45, 7) is 3.59. The fraction of sp³-hybridized carbons (Fsp3) is 0.421. The molecule has 3 heterocycles. The monoisotopic (exact) mass is 375 g/mol. The Morgan fingerprint density at radius 2 is 2.22 bits per heavy atom. The molecule has 8 heteroatoms. The molecule has 0 radical (unpaired) electrons. The van der Waals surface area contributed by atoms with Gasteiger partial charge in [0.1, 0.15) is 12.0 Å². The Hall–Kier alpha value is -2.77. The highest BCUT2D eigenvalue weighted by molar-refractivity contribution is 6.01. The first-order chi connectivity index (χ1) is 12.9. The zero-order valence-electron chi connectivity index (χ0n) is 15.0. The topological polar surface area (TPSA) is 64.4 Å². The van der Waals surface area contributed by atoms with E-state index in [0.717, 1.165) is 0 Å². The Morgan fingerprint density at radius 3 is 2.96 bits per heavy atom. The summed E-state index contributed by atoms with van der Waals surface area (Å²) in [5.41, 5.74) is 1.98. The lowest BCUT2D eigenvalue weighted by molar-refractivity contribution is -0.149. The second kappa shape index (κ2) is 6.44. The van der Waals surface area contributed by atoms with Crippen LogP contribution in [-0.2, 0) is 29.0 Å². The fourth-order valence-corrected chi connectivity index (χ4v) is 3.86. The Kier molecular flexibility index (Phi) is 4.20. The molecule has 142 valence electrons. The van der Waals surface area contributed by atoms with Crippen LogP contribution in [0.3, 0.4) is 0 Å². The van der Waals surface area contributed by atoms with Gasteiger partial charge in [0.2, 0.25) is 0 Å². The first-order valence-corrected chi connectivity index (χ1v) is 8.85. The molecule has 1 aromatic heterocycles. The van der Waals surface area contributed by atoms with E-state index in [1.165, 1.54) is 17.3 Å². The maximum absolute atomic E-state index is 14.4. The van der Waals surface area contributed by atoms with Gasteiger partial charge in [-0.05, 0) is 31.5 Å². The molecule has 2 aliphatic heterocycles. The number of ether oxygens (including phenoxy) is 1. The van der Waals surface area contributed by atoms with Gasteiger partial charge in [-0.2, -0.15) is 0 Å². The molecule has 0 saturated heterocycles. The van der Waals surface area contributed by atoms with Gasteiger partial charge >= 0.3 is 5.97 Å². The molecular formula is C19H19F2N3O3. The average Bonchev–Trinajstić information content (AvgIpc) is 3.24. The summed E-state index contributed by atoms with van der Waals surface area (Å²) in [6, 6.07) is 1.83. The van der Waals surface area contributed by atoms with Crippen molar-refractivity contribution in [2.45, 2.75) is 45.6 Å². The number of aryl methyl sites for hydroxylation is 1. The number of amides is 1. The first-order valence-electron chi connectivity index (χ1n) is 8.85. The van der Waals surface area contributed by atoms with E-state index in [-0.39, 0.29) is 37.2 Å². The van der Waals surface area contributed by atoms with Crippen LogP contribution in [0.1, 0.15) is 45.8 Å². The summed E-state index contributed by atoms with van der Waals surface area (Å²) in [7, 11) is 0. The number of benzene rings is 1. The van der Waals surface area contributed by atoms with Gasteiger partial charge in [-0.25, -0.2) is 18.6 Å². The van der Waals surface area contributed by atoms with E-state index < -0.39 is 29.9 Å². The molecule has 2 atom stereocenters. The molecule has 2 unspecified atom stereocenters. The highest BCUT2D eigenvalue weighted by Crippen LogP contribution is 2.36. The Morgan fingerprint density at radius 1 is 1.44 bits per heavy atom. The number of nitrogens with zero attached hydrogens (tertiary/aromatic N) is 3. The molecule has 6 nitrogen and oxygen atoms in total. The maximum Gasteiger partial charge on any atom is 0.335 e. The summed E-state index contributed by atoms with van der Waals surface area (Å²) >= 11 is 0. The minimum atomic E-state index is -1.13. The van der Waals surface area contributed by atoms with Crippen molar-refractivity contribution in [3.05, 3.63) is 52.4 Å². The van der Waals surface area contributed by atoms with Gasteiger partial charge in [0, 0.05) is 23.2 Å². The lowest BCUT2D eigenvalue weighted by Gasteiger charge is -2.25. The van der Waals surface area contributed by atoms with E-state index in [4.69, 9.17) is 4.74 Å². The first kappa shape index (κ1) is 17.6. The average molecular weight is 375 g/mol. The third-order valence-corrected chi connectivity index (χ3v) is 5.03. The van der Waals surface area contributed by atoms with Crippen LogP contribution in [0.2, 0.25) is 0 Å². The van der Waals surface area contributed by atoms with Crippen molar-refractivity contribution in [3.63, 3.8) is 0 Å². The van der Waals surface area contributed by atoms with Crippen molar-refractivity contribution in [3.8, 4) is 0 Å². The molecule has 0 saturated carbocycles. The summed E-state index contributed by atoms with van der Waals surface area (Å²) in [6.07, 6.45) is 0.527. The molecule has 0 bridgehead atoms. The highest BCUT2D eigenvalue weighted by atomic mass is 19.1. The fourth-order valence-electron chi connectivity index (χ4n) is 3.86. The number of carbonyl (C=O) groups is 2. The molecule has 4 rings (SSSR count). The van der Waals surface area contributed by atoms with E-state index in [2.05, 4.69) is 4.98 Å². The molecule has 1 amide bonds. The largest absolute Gasteiger partial charge is 0.464 e. The lowest BCUT2D eigenvalue weighted by atomic mass is 10.1. The smallest absolute Gasteiger partial charge is 0.335 e. The van der Waals surface area contributed by atoms with E-state index >= 15 is 0 Å². The van der Waals surface area contributed by atoms with Crippen molar-refractivity contribution in [2.24, 2.45) is 0 Å². The van der Waals surface area contributed by atoms with Gasteiger partial charge in [-0.1, -0.05) is 0 Å². The van der Waals surface area contributed by atoms with Gasteiger partial charge in [0.05, 0.1) is 31.7 Å². The van der Waals surface area contributed by atoms with Gasteiger partial charge in [0.15, 0.2) is 6.04 Å².